The molecular weight excluding hydrogens is 529 g/mol. The normalized spacial score (nSPS) is 18.1. The lowest BCUT2D eigenvalue weighted by Crippen LogP contribution is -2.61. The summed E-state index contributed by atoms with van der Waals surface area (Å²) in [6, 6.07) is 8.39. The Morgan fingerprint density at radius 1 is 1.05 bits per heavy atom. The van der Waals surface area contributed by atoms with Gasteiger partial charge in [0.1, 0.15) is 17.1 Å². The lowest BCUT2D eigenvalue weighted by molar-refractivity contribution is -0.264. The van der Waals surface area contributed by atoms with E-state index in [4.69, 9.17) is 9.47 Å². The summed E-state index contributed by atoms with van der Waals surface area (Å²) in [6.45, 7) is 1.81. The van der Waals surface area contributed by atoms with Crippen molar-refractivity contribution in [3.63, 3.8) is 0 Å². The predicted octanol–water partition coefficient (Wildman–Crippen LogP) is 3.32. The van der Waals surface area contributed by atoms with Gasteiger partial charge in [-0.1, -0.05) is 12.1 Å². The molecular formula is C28H35F3N4O5. The Labute approximate surface area is 231 Å². The van der Waals surface area contributed by atoms with Crippen LogP contribution in [0.15, 0.2) is 36.4 Å². The van der Waals surface area contributed by atoms with Crippen molar-refractivity contribution in [2.24, 2.45) is 11.8 Å². The SMILES string of the molecule is COc1cccc([C@@](O)(C(=O)N2CC(CC3CCN(c4ccc(C(=O)N(C)C)c(OC)n4)CC3)C2)C(F)(F)F)c1. The molecule has 218 valence electrons. The Kier molecular flexibility index (Phi) is 8.48. The van der Waals surface area contributed by atoms with Crippen molar-refractivity contribution >= 4 is 17.6 Å². The second-order valence-corrected chi connectivity index (χ2v) is 10.6. The predicted molar refractivity (Wildman–Crippen MR) is 141 cm³/mol. The number of hydrogen-bond donors (Lipinski definition) is 1. The van der Waals surface area contributed by atoms with E-state index in [2.05, 4.69) is 9.88 Å². The van der Waals surface area contributed by atoms with Gasteiger partial charge in [0.25, 0.3) is 17.4 Å². The summed E-state index contributed by atoms with van der Waals surface area (Å²) >= 11 is 0. The number of hydrogen-bond acceptors (Lipinski definition) is 7. The van der Waals surface area contributed by atoms with Crippen LogP contribution in [-0.4, -0.2) is 92.4 Å². The molecule has 2 saturated heterocycles. The van der Waals surface area contributed by atoms with Crippen LogP contribution in [0.25, 0.3) is 0 Å². The first-order chi connectivity index (χ1) is 18.9. The number of aromatic nitrogens is 1. The number of benzene rings is 1. The molecule has 9 nitrogen and oxygen atoms in total. The number of amides is 2. The molecule has 2 aliphatic heterocycles. The highest BCUT2D eigenvalue weighted by Gasteiger charge is 2.63. The first-order valence-electron chi connectivity index (χ1n) is 13.1. The van der Waals surface area contributed by atoms with Crippen molar-refractivity contribution in [3.05, 3.63) is 47.5 Å². The molecule has 0 unspecified atom stereocenters. The number of ether oxygens (including phenoxy) is 2. The Morgan fingerprint density at radius 2 is 1.73 bits per heavy atom. The second-order valence-electron chi connectivity index (χ2n) is 10.6. The molecule has 4 rings (SSSR count). The molecule has 3 heterocycles. The molecule has 40 heavy (non-hydrogen) atoms. The van der Waals surface area contributed by atoms with Crippen molar-refractivity contribution in [1.82, 2.24) is 14.8 Å². The van der Waals surface area contributed by atoms with Gasteiger partial charge in [0.2, 0.25) is 5.88 Å². The fourth-order valence-electron chi connectivity index (χ4n) is 5.41. The third-order valence-electron chi connectivity index (χ3n) is 7.73. The van der Waals surface area contributed by atoms with E-state index in [-0.39, 0.29) is 36.5 Å². The summed E-state index contributed by atoms with van der Waals surface area (Å²) in [5.74, 6) is -0.0317. The number of rotatable bonds is 8. The lowest BCUT2D eigenvalue weighted by Gasteiger charge is -2.45. The quantitative estimate of drug-likeness (QED) is 0.526. The molecule has 0 spiro atoms. The summed E-state index contributed by atoms with van der Waals surface area (Å²) in [5.41, 5.74) is -3.82. The Morgan fingerprint density at radius 3 is 2.30 bits per heavy atom. The summed E-state index contributed by atoms with van der Waals surface area (Å²) in [5, 5.41) is 10.7. The van der Waals surface area contributed by atoms with Crippen LogP contribution in [0.2, 0.25) is 0 Å². The number of halogens is 3. The highest BCUT2D eigenvalue weighted by Crippen LogP contribution is 2.43. The number of methoxy groups -OCH3 is 2. The smallest absolute Gasteiger partial charge is 0.430 e. The minimum absolute atomic E-state index is 0.0674. The molecule has 2 aliphatic rings. The molecule has 2 amide bonds. The molecule has 0 bridgehead atoms. The number of nitrogens with zero attached hydrogens (tertiary/aromatic N) is 4. The van der Waals surface area contributed by atoms with Gasteiger partial charge in [-0.25, -0.2) is 0 Å². The zero-order valence-electron chi connectivity index (χ0n) is 23.1. The lowest BCUT2D eigenvalue weighted by atomic mass is 9.82. The van der Waals surface area contributed by atoms with Gasteiger partial charge in [0.15, 0.2) is 0 Å². The average Bonchev–Trinajstić information content (AvgIpc) is 2.92. The van der Waals surface area contributed by atoms with E-state index in [0.29, 0.717) is 11.5 Å². The highest BCUT2D eigenvalue weighted by atomic mass is 19.4. The fourth-order valence-corrected chi connectivity index (χ4v) is 5.41. The highest BCUT2D eigenvalue weighted by molar-refractivity contribution is 5.96. The zero-order chi connectivity index (χ0) is 29.2. The van der Waals surface area contributed by atoms with E-state index in [1.54, 1.807) is 26.2 Å². The van der Waals surface area contributed by atoms with Crippen molar-refractivity contribution in [1.29, 1.82) is 0 Å². The molecule has 2 fully saturated rings. The summed E-state index contributed by atoms with van der Waals surface area (Å²) in [4.78, 5) is 34.5. The number of pyridine rings is 1. The molecule has 2 aromatic rings. The molecule has 1 aromatic heterocycles. The zero-order valence-corrected chi connectivity index (χ0v) is 23.1. The first-order valence-corrected chi connectivity index (χ1v) is 13.1. The van der Waals surface area contributed by atoms with Crippen LogP contribution in [0.3, 0.4) is 0 Å². The van der Waals surface area contributed by atoms with Crippen molar-refractivity contribution in [3.8, 4) is 11.6 Å². The van der Waals surface area contributed by atoms with Gasteiger partial charge >= 0.3 is 6.18 Å². The van der Waals surface area contributed by atoms with Gasteiger partial charge in [-0.15, -0.1) is 0 Å². The molecule has 0 saturated carbocycles. The molecule has 0 aliphatic carbocycles. The van der Waals surface area contributed by atoms with Crippen LogP contribution in [0.5, 0.6) is 11.6 Å². The van der Waals surface area contributed by atoms with E-state index in [9.17, 15) is 27.9 Å². The number of carbonyl (C=O) groups excluding carboxylic acids is 2. The standard InChI is InChI=1S/C28H35F3N4O5/c1-33(2)25(36)22-8-9-23(32-24(22)40-4)34-12-10-18(11-13-34)14-19-16-35(17-19)26(37)27(38,28(29,30)31)20-6-5-7-21(15-20)39-3/h5-9,15,18-19,38H,10-14,16-17H2,1-4H3/t27-/m1/s1. The fraction of sp³-hybridized carbons (Fsp3) is 0.536. The maximum atomic E-state index is 14.0. The maximum Gasteiger partial charge on any atom is 0.430 e. The number of alkyl halides is 3. The molecule has 0 radical (unpaired) electrons. The van der Waals surface area contributed by atoms with E-state index in [1.165, 1.54) is 31.3 Å². The van der Waals surface area contributed by atoms with E-state index < -0.39 is 23.2 Å². The van der Waals surface area contributed by atoms with Crippen LogP contribution in [-0.2, 0) is 10.4 Å². The maximum absolute atomic E-state index is 14.0. The van der Waals surface area contributed by atoms with Gasteiger partial charge in [-0.2, -0.15) is 18.2 Å². The summed E-state index contributed by atoms with van der Waals surface area (Å²) in [7, 11) is 6.10. The summed E-state index contributed by atoms with van der Waals surface area (Å²) < 4.78 is 52.4. The van der Waals surface area contributed by atoms with Crippen LogP contribution in [0, 0.1) is 11.8 Å². The molecule has 1 N–H and O–H groups in total. The number of likely N-dealkylation sites (tertiary alicyclic amines) is 1. The Hall–Kier alpha value is -3.54. The van der Waals surface area contributed by atoms with Crippen LogP contribution >= 0.6 is 0 Å². The first kappa shape index (κ1) is 29.4. The van der Waals surface area contributed by atoms with E-state index in [0.717, 1.165) is 55.2 Å². The van der Waals surface area contributed by atoms with Gasteiger partial charge < -0.3 is 29.3 Å². The molecule has 1 aromatic carbocycles. The minimum atomic E-state index is -5.19. The Bertz CT molecular complexity index is 1230. The van der Waals surface area contributed by atoms with E-state index >= 15 is 0 Å². The second kappa shape index (κ2) is 11.5. The van der Waals surface area contributed by atoms with Crippen molar-refractivity contribution < 1.29 is 37.3 Å². The Balaban J connectivity index is 1.33. The van der Waals surface area contributed by atoms with Crippen molar-refractivity contribution in [2.45, 2.75) is 31.0 Å². The average molecular weight is 565 g/mol. The number of aliphatic hydroxyl groups is 1. The van der Waals surface area contributed by atoms with Crippen LogP contribution in [0.4, 0.5) is 19.0 Å². The third-order valence-corrected chi connectivity index (χ3v) is 7.73. The van der Waals surface area contributed by atoms with Gasteiger partial charge in [0, 0.05) is 45.8 Å². The van der Waals surface area contributed by atoms with Gasteiger partial charge in [-0.05, 0) is 55.4 Å². The van der Waals surface area contributed by atoms with E-state index in [1.807, 2.05) is 0 Å². The monoisotopic (exact) mass is 564 g/mol. The number of carbonyl (C=O) groups is 2. The number of anilines is 1. The van der Waals surface area contributed by atoms with Gasteiger partial charge in [-0.3, -0.25) is 9.59 Å². The molecule has 12 heteroatoms. The minimum Gasteiger partial charge on any atom is -0.497 e. The topological polar surface area (TPSA) is 95.4 Å². The third kappa shape index (κ3) is 5.67. The van der Waals surface area contributed by atoms with Crippen molar-refractivity contribution in [2.75, 3.05) is 59.4 Å². The van der Waals surface area contributed by atoms with Gasteiger partial charge in [0.05, 0.1) is 14.2 Å². The summed E-state index contributed by atoms with van der Waals surface area (Å²) in [6.07, 6.45) is -2.68. The molecule has 1 atom stereocenters. The largest absolute Gasteiger partial charge is 0.497 e. The number of piperidine rings is 1. The van der Waals surface area contributed by atoms with Crippen LogP contribution < -0.4 is 14.4 Å². The van der Waals surface area contributed by atoms with Crippen LogP contribution in [0.1, 0.15) is 35.2 Å².